The van der Waals surface area contributed by atoms with Crippen LogP contribution >= 0.6 is 35.2 Å². The molecular weight excluding hydrogens is 798 g/mol. The van der Waals surface area contributed by atoms with E-state index in [1.807, 2.05) is 19.6 Å². The van der Waals surface area contributed by atoms with Crippen LogP contribution in [0.5, 0.6) is 0 Å². The number of halogens is 2. The Bertz CT molecular complexity index is 883. The Morgan fingerprint density at radius 1 is 0.480 bits per heavy atom. The molecule has 0 spiro atoms. The molecule has 0 atom stereocenters. The van der Waals surface area contributed by atoms with Gasteiger partial charge in [-0.2, -0.15) is 0 Å². The van der Waals surface area contributed by atoms with E-state index in [2.05, 4.69) is 4.26 Å². The van der Waals surface area contributed by atoms with Crippen LogP contribution in [0.2, 0.25) is 19.6 Å². The van der Waals surface area contributed by atoms with Gasteiger partial charge in [-0.15, -0.1) is 0 Å². The molecule has 6 aliphatic rings. The van der Waals surface area contributed by atoms with Crippen LogP contribution in [0.15, 0.2) is 5.20 Å². The molecule has 0 aromatic heterocycles. The Hall–Kier alpha value is 1.40. The van der Waals surface area contributed by atoms with E-state index in [1.165, 1.54) is 34.0 Å². The Kier molecular flexibility index (Phi) is 21.3. The minimum absolute atomic E-state index is 0.0465. The summed E-state index contributed by atoms with van der Waals surface area (Å²) >= 11 is -2.11. The fourth-order valence-electron chi connectivity index (χ4n) is 11.2. The van der Waals surface area contributed by atoms with Crippen LogP contribution in [0.1, 0.15) is 193 Å². The first-order valence-corrected chi connectivity index (χ1v) is 34.1. The molecule has 0 saturated heterocycles. The summed E-state index contributed by atoms with van der Waals surface area (Å²) in [5.74, 6) is -0.936. The second kappa shape index (κ2) is 24.1. The van der Waals surface area contributed by atoms with Gasteiger partial charge in [-0.25, -0.2) is 0 Å². The molecule has 6 rings (SSSR count). The zero-order chi connectivity index (χ0) is 35.8. The molecule has 0 amide bonds. The quantitative estimate of drug-likeness (QED) is 0.150. The minimum atomic E-state index is -2.11. The molecule has 0 bridgehead atoms. The van der Waals surface area contributed by atoms with Crippen molar-refractivity contribution in [3.05, 3.63) is 5.20 Å². The second-order valence-corrected chi connectivity index (χ2v) is 35.4. The van der Waals surface area contributed by atoms with E-state index in [0.717, 1.165) is 0 Å². The van der Waals surface area contributed by atoms with Crippen molar-refractivity contribution < 1.29 is 23.4 Å². The number of aliphatic carboxylic acids is 1. The number of carbonyl (C=O) groups is 1. The molecular formula is C42H78Cl2O2P2RuSi+2. The fourth-order valence-corrected chi connectivity index (χ4v) is 27.0. The summed E-state index contributed by atoms with van der Waals surface area (Å²) in [5.41, 5.74) is 7.36. The van der Waals surface area contributed by atoms with Crippen molar-refractivity contribution in [1.82, 2.24) is 0 Å². The Morgan fingerprint density at radius 3 is 0.800 bits per heavy atom. The van der Waals surface area contributed by atoms with Gasteiger partial charge in [0.15, 0.2) is 0 Å². The van der Waals surface area contributed by atoms with E-state index in [0.29, 0.717) is 5.20 Å². The summed E-state index contributed by atoms with van der Waals surface area (Å²) in [5, 5.41) is 9.11. The molecule has 2 nitrogen and oxygen atoms in total. The van der Waals surface area contributed by atoms with Crippen molar-refractivity contribution in [2.75, 3.05) is 0 Å². The number of carboxylic acid groups (broad SMARTS) is 1. The molecule has 0 aliphatic heterocycles. The first kappa shape index (κ1) is 44.1. The van der Waals surface area contributed by atoms with Crippen molar-refractivity contribution >= 4 is 53.5 Å². The van der Waals surface area contributed by atoms with Gasteiger partial charge >= 0.3 is 85.9 Å². The van der Waals surface area contributed by atoms with Crippen molar-refractivity contribution in [3.8, 4) is 0 Å². The van der Waals surface area contributed by atoms with Crippen LogP contribution in [0.25, 0.3) is 0 Å². The maximum absolute atomic E-state index is 10.7. The molecule has 6 saturated carbocycles. The van der Waals surface area contributed by atoms with E-state index < -0.39 is 27.6 Å². The first-order chi connectivity index (χ1) is 24.1. The van der Waals surface area contributed by atoms with Crippen molar-refractivity contribution in [2.45, 2.75) is 246 Å². The SMILES string of the molecule is C1CCC([PH+](C2CCCCC2)C2CCCCC2)CC1.C1CCC([PH+](C2CCCCC2)C2CCCCC2)CC1.C[Si](C)(C)C(=[C]=[Ru]([Cl])[Cl])C(=O)O. The van der Waals surface area contributed by atoms with Crippen molar-refractivity contribution in [3.63, 3.8) is 0 Å². The molecule has 292 valence electrons. The van der Waals surface area contributed by atoms with E-state index >= 15 is 0 Å². The van der Waals surface area contributed by atoms with Gasteiger partial charge in [-0.3, -0.25) is 0 Å². The third-order valence-corrected chi connectivity index (χ3v) is 26.5. The summed E-state index contributed by atoms with van der Waals surface area (Å²) in [6.45, 7) is 5.78. The molecule has 0 heterocycles. The summed E-state index contributed by atoms with van der Waals surface area (Å²) in [4.78, 5) is 10.7. The molecule has 50 heavy (non-hydrogen) atoms. The molecule has 0 aromatic rings. The van der Waals surface area contributed by atoms with Gasteiger partial charge in [0, 0.05) is 15.8 Å². The standard InChI is InChI=1S/2C18H33P.C6H10O2Si.2ClH.Ru/c2*1-4-10-16(11-5-1)19(17-12-6-2-7-13-17)18-14-8-3-9-15-18;1-5(6(7)8)9(2,3)4;;;/h2*16-18H,1-15H2;2-4H3,(H,7,8);2*1H;/q;;;;;+2. The second-order valence-electron chi connectivity index (χ2n) is 18.2. The van der Waals surface area contributed by atoms with Crippen LogP contribution in [-0.2, 0) is 18.3 Å². The molecule has 8 heteroatoms. The molecule has 0 unspecified atom stereocenters. The average Bonchev–Trinajstić information content (AvgIpc) is 3.14. The average molecular weight is 877 g/mol. The topological polar surface area (TPSA) is 37.3 Å². The van der Waals surface area contributed by atoms with E-state index in [1.54, 1.807) is 193 Å². The first-order valence-electron chi connectivity index (χ1n) is 21.8. The maximum atomic E-state index is 10.7. The van der Waals surface area contributed by atoms with Crippen LogP contribution in [0.4, 0.5) is 0 Å². The summed E-state index contributed by atoms with van der Waals surface area (Å²) in [7, 11) is 9.18. The summed E-state index contributed by atoms with van der Waals surface area (Å²) < 4.78 is 2.67. The van der Waals surface area contributed by atoms with Gasteiger partial charge in [0.05, 0.1) is 34.0 Å². The Labute approximate surface area is 326 Å². The van der Waals surface area contributed by atoms with Gasteiger partial charge < -0.3 is 0 Å². The van der Waals surface area contributed by atoms with Gasteiger partial charge in [-0.05, 0) is 154 Å². The van der Waals surface area contributed by atoms with Gasteiger partial charge in [0.1, 0.15) is 0 Å². The van der Waals surface area contributed by atoms with Crippen molar-refractivity contribution in [2.24, 2.45) is 0 Å². The van der Waals surface area contributed by atoms with Gasteiger partial charge in [0.2, 0.25) is 0 Å². The predicted molar refractivity (Wildman–Crippen MR) is 229 cm³/mol. The van der Waals surface area contributed by atoms with E-state index in [-0.39, 0.29) is 15.8 Å². The predicted octanol–water partition coefficient (Wildman–Crippen LogP) is 14.6. The fraction of sp³-hybridized carbons (Fsp3) is 0.929. The zero-order valence-corrected chi connectivity index (χ0v) is 38.9. The molecule has 0 aromatic carbocycles. The van der Waals surface area contributed by atoms with Crippen molar-refractivity contribution in [1.29, 1.82) is 0 Å². The van der Waals surface area contributed by atoms with Crippen LogP contribution in [0.3, 0.4) is 0 Å². The zero-order valence-electron chi connectivity index (χ0n) is 32.6. The van der Waals surface area contributed by atoms with Gasteiger partial charge in [0.25, 0.3) is 0 Å². The molecule has 1 N–H and O–H groups in total. The van der Waals surface area contributed by atoms with Crippen LogP contribution in [-0.4, -0.2) is 57.4 Å². The summed E-state index contributed by atoms with van der Waals surface area (Å²) in [6, 6.07) is 0. The van der Waals surface area contributed by atoms with Crippen LogP contribution in [0, 0.1) is 0 Å². The third-order valence-electron chi connectivity index (χ3n) is 13.6. The normalized spacial score (nSPS) is 24.8. The summed E-state index contributed by atoms with van der Waals surface area (Å²) in [6.07, 6.45) is 47.6. The number of hydrogen-bond donors (Lipinski definition) is 1. The number of carboxylic acids is 1. The van der Waals surface area contributed by atoms with Gasteiger partial charge in [-0.1, -0.05) is 38.5 Å². The van der Waals surface area contributed by atoms with E-state index in [4.69, 9.17) is 24.5 Å². The molecule has 6 fully saturated rings. The van der Waals surface area contributed by atoms with E-state index in [9.17, 15) is 4.79 Å². The third kappa shape index (κ3) is 15.1. The molecule has 6 aliphatic carbocycles. The Balaban J connectivity index is 0.000000174. The molecule has 0 radical (unpaired) electrons. The monoisotopic (exact) mass is 876 g/mol. The number of hydrogen-bond acceptors (Lipinski definition) is 1. The Morgan fingerprint density at radius 2 is 0.680 bits per heavy atom. The van der Waals surface area contributed by atoms with Crippen LogP contribution < -0.4 is 0 Å². The number of rotatable bonds is 8.